The van der Waals surface area contributed by atoms with Crippen LogP contribution in [-0.4, -0.2) is 16.8 Å². The Morgan fingerprint density at radius 3 is 2.73 bits per heavy atom. The van der Waals surface area contributed by atoms with Crippen LogP contribution >= 0.6 is 15.9 Å². The number of hydrogen-bond acceptors (Lipinski definition) is 2. The van der Waals surface area contributed by atoms with E-state index in [9.17, 15) is 0 Å². The summed E-state index contributed by atoms with van der Waals surface area (Å²) in [4.78, 5) is 0. The summed E-state index contributed by atoms with van der Waals surface area (Å²) < 4.78 is 2.95. The van der Waals surface area contributed by atoms with Crippen LogP contribution in [0.25, 0.3) is 5.69 Å². The van der Waals surface area contributed by atoms with Crippen LogP contribution in [0.2, 0.25) is 0 Å². The van der Waals surface area contributed by atoms with Gasteiger partial charge in [-0.2, -0.15) is 5.10 Å². The fourth-order valence-electron chi connectivity index (χ4n) is 1.39. The molecule has 0 fully saturated rings. The Morgan fingerprint density at radius 2 is 2.07 bits per heavy atom. The highest BCUT2D eigenvalue weighted by Gasteiger charge is 1.99. The molecule has 1 N–H and O–H groups in total. The van der Waals surface area contributed by atoms with Crippen LogP contribution in [0.5, 0.6) is 0 Å². The molecule has 0 radical (unpaired) electrons. The van der Waals surface area contributed by atoms with E-state index in [1.165, 1.54) is 5.56 Å². The Morgan fingerprint density at radius 1 is 1.33 bits per heavy atom. The Labute approximate surface area is 97.2 Å². The maximum Gasteiger partial charge on any atom is 0.0646 e. The minimum atomic E-state index is 0.844. The third-order valence-electron chi connectivity index (χ3n) is 2.11. The monoisotopic (exact) mass is 265 g/mol. The van der Waals surface area contributed by atoms with Crippen LogP contribution in [0.15, 0.2) is 41.1 Å². The molecule has 0 bridgehead atoms. The molecule has 0 saturated carbocycles. The topological polar surface area (TPSA) is 29.9 Å². The SMILES string of the molecule is CNCc1cnn(-c2ccc(Br)cc2)c1. The van der Waals surface area contributed by atoms with Gasteiger partial charge in [0.05, 0.1) is 11.9 Å². The van der Waals surface area contributed by atoms with Crippen LogP contribution in [0.4, 0.5) is 0 Å². The maximum absolute atomic E-state index is 4.30. The molecule has 0 saturated heterocycles. The van der Waals surface area contributed by atoms with Gasteiger partial charge in [0, 0.05) is 22.8 Å². The Hall–Kier alpha value is -1.13. The normalized spacial score (nSPS) is 10.5. The van der Waals surface area contributed by atoms with Crippen molar-refractivity contribution in [1.82, 2.24) is 15.1 Å². The lowest BCUT2D eigenvalue weighted by Gasteiger charge is -2.00. The van der Waals surface area contributed by atoms with Crippen molar-refractivity contribution in [1.29, 1.82) is 0 Å². The highest BCUT2D eigenvalue weighted by Crippen LogP contribution is 2.13. The van der Waals surface area contributed by atoms with Gasteiger partial charge in [0.1, 0.15) is 0 Å². The van der Waals surface area contributed by atoms with Crippen LogP contribution in [0.3, 0.4) is 0 Å². The lowest BCUT2D eigenvalue weighted by Crippen LogP contribution is -2.03. The molecule has 4 heteroatoms. The van der Waals surface area contributed by atoms with Crippen LogP contribution < -0.4 is 5.32 Å². The molecule has 1 heterocycles. The van der Waals surface area contributed by atoms with Gasteiger partial charge in [0.25, 0.3) is 0 Å². The average molecular weight is 266 g/mol. The van der Waals surface area contributed by atoms with Crippen LogP contribution in [0, 0.1) is 0 Å². The molecule has 0 unspecified atom stereocenters. The van der Waals surface area contributed by atoms with E-state index in [1.807, 2.05) is 48.4 Å². The third kappa shape index (κ3) is 2.46. The van der Waals surface area contributed by atoms with E-state index >= 15 is 0 Å². The van der Waals surface area contributed by atoms with Gasteiger partial charge in [-0.3, -0.25) is 0 Å². The van der Waals surface area contributed by atoms with Crippen LogP contribution in [-0.2, 0) is 6.54 Å². The summed E-state index contributed by atoms with van der Waals surface area (Å²) >= 11 is 3.41. The first-order valence-electron chi connectivity index (χ1n) is 4.73. The molecule has 78 valence electrons. The predicted molar refractivity (Wildman–Crippen MR) is 64.0 cm³/mol. The maximum atomic E-state index is 4.30. The largest absolute Gasteiger partial charge is 0.316 e. The molecule has 1 aromatic carbocycles. The summed E-state index contributed by atoms with van der Waals surface area (Å²) in [5.74, 6) is 0. The number of aromatic nitrogens is 2. The highest BCUT2D eigenvalue weighted by molar-refractivity contribution is 9.10. The Kier molecular flexibility index (Phi) is 3.18. The van der Waals surface area contributed by atoms with E-state index in [0.717, 1.165) is 16.7 Å². The van der Waals surface area contributed by atoms with Crippen molar-refractivity contribution < 1.29 is 0 Å². The molecule has 15 heavy (non-hydrogen) atoms. The molecular weight excluding hydrogens is 254 g/mol. The van der Waals surface area contributed by atoms with E-state index in [-0.39, 0.29) is 0 Å². The van der Waals surface area contributed by atoms with Crippen molar-refractivity contribution >= 4 is 15.9 Å². The molecule has 2 rings (SSSR count). The molecule has 0 amide bonds. The second-order valence-corrected chi connectivity index (χ2v) is 4.22. The number of halogens is 1. The minimum absolute atomic E-state index is 0.844. The molecule has 0 atom stereocenters. The molecule has 3 nitrogen and oxygen atoms in total. The van der Waals surface area contributed by atoms with Gasteiger partial charge in [0.15, 0.2) is 0 Å². The van der Waals surface area contributed by atoms with E-state index < -0.39 is 0 Å². The second kappa shape index (κ2) is 4.59. The van der Waals surface area contributed by atoms with Crippen molar-refractivity contribution in [2.24, 2.45) is 0 Å². The van der Waals surface area contributed by atoms with Gasteiger partial charge in [-0.15, -0.1) is 0 Å². The number of nitrogens with zero attached hydrogens (tertiary/aromatic N) is 2. The van der Waals surface area contributed by atoms with E-state index in [2.05, 4.69) is 26.3 Å². The predicted octanol–water partition coefficient (Wildman–Crippen LogP) is 2.35. The summed E-state index contributed by atoms with van der Waals surface area (Å²) in [6.07, 6.45) is 3.90. The average Bonchev–Trinajstić information content (AvgIpc) is 2.68. The minimum Gasteiger partial charge on any atom is -0.316 e. The van der Waals surface area contributed by atoms with Crippen molar-refractivity contribution in [2.75, 3.05) is 7.05 Å². The van der Waals surface area contributed by atoms with Gasteiger partial charge < -0.3 is 5.32 Å². The molecule has 1 aromatic heterocycles. The van der Waals surface area contributed by atoms with E-state index in [4.69, 9.17) is 0 Å². The van der Waals surface area contributed by atoms with Crippen LogP contribution in [0.1, 0.15) is 5.56 Å². The number of hydrogen-bond donors (Lipinski definition) is 1. The molecule has 2 aromatic rings. The fourth-order valence-corrected chi connectivity index (χ4v) is 1.65. The summed E-state index contributed by atoms with van der Waals surface area (Å²) in [6.45, 7) is 0.844. The summed E-state index contributed by atoms with van der Waals surface area (Å²) in [5.41, 5.74) is 2.25. The zero-order valence-electron chi connectivity index (χ0n) is 8.44. The van der Waals surface area contributed by atoms with Crippen molar-refractivity contribution in [3.8, 4) is 5.69 Å². The van der Waals surface area contributed by atoms with Crippen molar-refractivity contribution in [3.05, 3.63) is 46.7 Å². The Balaban J connectivity index is 2.25. The smallest absolute Gasteiger partial charge is 0.0646 e. The second-order valence-electron chi connectivity index (χ2n) is 3.30. The van der Waals surface area contributed by atoms with Gasteiger partial charge in [-0.1, -0.05) is 15.9 Å². The van der Waals surface area contributed by atoms with Crippen molar-refractivity contribution in [3.63, 3.8) is 0 Å². The molecule has 0 aliphatic carbocycles. The standard InChI is InChI=1S/C11H12BrN3/c1-13-6-9-7-14-15(8-9)11-4-2-10(12)3-5-11/h2-5,7-8,13H,6H2,1H3. The summed E-state index contributed by atoms with van der Waals surface area (Å²) in [5, 5.41) is 7.39. The zero-order valence-corrected chi connectivity index (χ0v) is 10.0. The van der Waals surface area contributed by atoms with E-state index in [0.29, 0.717) is 0 Å². The number of nitrogens with one attached hydrogen (secondary N) is 1. The van der Waals surface area contributed by atoms with Gasteiger partial charge in [-0.25, -0.2) is 4.68 Å². The summed E-state index contributed by atoms with van der Waals surface area (Å²) in [6, 6.07) is 8.07. The van der Waals surface area contributed by atoms with Gasteiger partial charge in [0.2, 0.25) is 0 Å². The van der Waals surface area contributed by atoms with Crippen molar-refractivity contribution in [2.45, 2.75) is 6.54 Å². The fraction of sp³-hybridized carbons (Fsp3) is 0.182. The first kappa shape index (κ1) is 10.4. The van der Waals surface area contributed by atoms with E-state index in [1.54, 1.807) is 0 Å². The third-order valence-corrected chi connectivity index (χ3v) is 2.64. The lowest BCUT2D eigenvalue weighted by atomic mass is 10.3. The number of benzene rings is 1. The highest BCUT2D eigenvalue weighted by atomic mass is 79.9. The molecule has 0 spiro atoms. The first-order chi connectivity index (χ1) is 7.29. The Bertz CT molecular complexity index is 433. The lowest BCUT2D eigenvalue weighted by molar-refractivity contribution is 0.816. The quantitative estimate of drug-likeness (QED) is 0.924. The van der Waals surface area contributed by atoms with Gasteiger partial charge >= 0.3 is 0 Å². The van der Waals surface area contributed by atoms with Gasteiger partial charge in [-0.05, 0) is 31.3 Å². The molecular formula is C11H12BrN3. The summed E-state index contributed by atoms with van der Waals surface area (Å²) in [7, 11) is 1.93. The number of rotatable bonds is 3. The first-order valence-corrected chi connectivity index (χ1v) is 5.53. The molecule has 0 aliphatic heterocycles. The molecule has 0 aliphatic rings. The zero-order chi connectivity index (χ0) is 10.7.